The highest BCUT2D eigenvalue weighted by Gasteiger charge is 2.18. The molecule has 0 amide bonds. The minimum absolute atomic E-state index is 0.0754. The second kappa shape index (κ2) is 9.37. The van der Waals surface area contributed by atoms with Crippen LogP contribution in [-0.2, 0) is 0 Å². The summed E-state index contributed by atoms with van der Waals surface area (Å²) >= 11 is 6.20. The number of nitrogens with zero attached hydrogens (tertiary/aromatic N) is 3. The number of pyridine rings is 2. The van der Waals surface area contributed by atoms with E-state index in [2.05, 4.69) is 26.3 Å². The highest BCUT2D eigenvalue weighted by molar-refractivity contribution is 6.32. The largest absolute Gasteiger partial charge is 0.503 e. The quantitative estimate of drug-likeness (QED) is 0.368. The molecule has 1 atom stereocenters. The average molecular weight is 475 g/mol. The zero-order valence-electron chi connectivity index (χ0n) is 18.8. The number of phenols is 1. The van der Waals surface area contributed by atoms with E-state index in [9.17, 15) is 5.11 Å². The van der Waals surface area contributed by atoms with Crippen molar-refractivity contribution in [3.63, 3.8) is 0 Å². The van der Waals surface area contributed by atoms with Gasteiger partial charge >= 0.3 is 0 Å². The van der Waals surface area contributed by atoms with Crippen molar-refractivity contribution in [2.45, 2.75) is 18.9 Å². The van der Waals surface area contributed by atoms with Crippen LogP contribution < -0.4 is 20.7 Å². The molecule has 4 aromatic rings. The molecule has 5 rings (SSSR count). The van der Waals surface area contributed by atoms with Crippen LogP contribution in [0.2, 0.25) is 5.02 Å². The van der Waals surface area contributed by atoms with Crippen LogP contribution >= 0.6 is 11.6 Å². The van der Waals surface area contributed by atoms with E-state index in [1.54, 1.807) is 18.3 Å². The Morgan fingerprint density at radius 3 is 2.82 bits per heavy atom. The molecule has 1 aliphatic rings. The lowest BCUT2D eigenvalue weighted by Crippen LogP contribution is -2.43. The van der Waals surface area contributed by atoms with E-state index < -0.39 is 0 Å². The Bertz CT molecular complexity index is 1330. The SMILES string of the molecule is COc1cc(-c2ccc3nc[c]c(Nc4ccc(N5CCC[C@H](N)C5)nc4)c3c2)cc(Cl)c1O. The van der Waals surface area contributed by atoms with Gasteiger partial charge < -0.3 is 25.8 Å². The fraction of sp³-hybridized carbons (Fsp3) is 0.231. The summed E-state index contributed by atoms with van der Waals surface area (Å²) in [5.74, 6) is 1.18. The van der Waals surface area contributed by atoms with Crippen LogP contribution in [0.1, 0.15) is 12.8 Å². The topological polar surface area (TPSA) is 96.5 Å². The van der Waals surface area contributed by atoms with E-state index in [1.165, 1.54) is 7.11 Å². The zero-order valence-corrected chi connectivity index (χ0v) is 19.5. The molecule has 1 aliphatic heterocycles. The first-order valence-corrected chi connectivity index (χ1v) is 11.5. The Hall–Kier alpha value is -3.55. The Morgan fingerprint density at radius 1 is 1.18 bits per heavy atom. The minimum Gasteiger partial charge on any atom is -0.503 e. The Balaban J connectivity index is 1.45. The van der Waals surface area contributed by atoms with Gasteiger partial charge in [0.25, 0.3) is 0 Å². The summed E-state index contributed by atoms with van der Waals surface area (Å²) < 4.78 is 5.25. The molecular formula is C26H25ClN5O2. The number of aromatic hydroxyl groups is 1. The fourth-order valence-electron chi connectivity index (χ4n) is 4.28. The summed E-state index contributed by atoms with van der Waals surface area (Å²) in [7, 11) is 1.50. The maximum Gasteiger partial charge on any atom is 0.176 e. The smallest absolute Gasteiger partial charge is 0.176 e. The number of phenolic OH excluding ortho intramolecular Hbond substituents is 1. The first-order valence-electron chi connectivity index (χ1n) is 11.1. The number of nitrogens with one attached hydrogen (secondary N) is 1. The molecule has 0 aliphatic carbocycles. The maximum absolute atomic E-state index is 10.1. The molecule has 2 aromatic heterocycles. The lowest BCUT2D eigenvalue weighted by atomic mass is 10.0. The molecule has 34 heavy (non-hydrogen) atoms. The lowest BCUT2D eigenvalue weighted by Gasteiger charge is -2.31. The molecule has 0 bridgehead atoms. The number of hydrogen-bond donors (Lipinski definition) is 3. The van der Waals surface area contributed by atoms with Crippen LogP contribution in [0.25, 0.3) is 22.0 Å². The number of hydrogen-bond acceptors (Lipinski definition) is 7. The van der Waals surface area contributed by atoms with Gasteiger partial charge in [-0.2, -0.15) is 0 Å². The number of anilines is 3. The monoisotopic (exact) mass is 474 g/mol. The molecule has 1 radical (unpaired) electrons. The number of halogens is 1. The maximum atomic E-state index is 10.1. The summed E-state index contributed by atoms with van der Waals surface area (Å²) in [5, 5.41) is 14.6. The molecule has 0 spiro atoms. The molecule has 173 valence electrons. The number of methoxy groups -OCH3 is 1. The highest BCUT2D eigenvalue weighted by Crippen LogP contribution is 2.39. The normalized spacial score (nSPS) is 16.0. The van der Waals surface area contributed by atoms with Crippen molar-refractivity contribution in [2.75, 3.05) is 30.4 Å². The van der Waals surface area contributed by atoms with Gasteiger partial charge in [0.15, 0.2) is 11.5 Å². The van der Waals surface area contributed by atoms with Crippen LogP contribution in [0.3, 0.4) is 0 Å². The summed E-state index contributed by atoms with van der Waals surface area (Å²) in [5.41, 5.74) is 10.3. The molecule has 3 heterocycles. The molecule has 8 heteroatoms. The molecule has 4 N–H and O–H groups in total. The zero-order chi connectivity index (χ0) is 23.7. The number of rotatable bonds is 5. The van der Waals surface area contributed by atoms with Crippen LogP contribution in [0.5, 0.6) is 11.5 Å². The standard InChI is InChI=1S/C26H25ClN5O2/c1-34-24-13-17(12-21(27)26(24)33)16-4-6-22-20(11-16)23(8-9-29-22)31-19-5-7-25(30-14-19)32-10-2-3-18(28)15-32/h4-7,9,11-14,18,33H,2-3,10,15,28H2,1H3,(H,29,31)/t18-/m0/s1. The first kappa shape index (κ1) is 22.3. The predicted octanol–water partition coefficient (Wildman–Crippen LogP) is 5.14. The molecule has 0 saturated carbocycles. The van der Waals surface area contributed by atoms with E-state index in [-0.39, 0.29) is 16.8 Å². The van der Waals surface area contributed by atoms with Crippen molar-refractivity contribution in [3.8, 4) is 22.6 Å². The molecule has 1 fully saturated rings. The van der Waals surface area contributed by atoms with Crippen LogP contribution in [0.15, 0.2) is 54.9 Å². The van der Waals surface area contributed by atoms with E-state index in [4.69, 9.17) is 22.1 Å². The highest BCUT2D eigenvalue weighted by atomic mass is 35.5. The number of piperidine rings is 1. The van der Waals surface area contributed by atoms with Crippen molar-refractivity contribution in [1.29, 1.82) is 0 Å². The number of benzene rings is 2. The Kier molecular flexibility index (Phi) is 6.13. The van der Waals surface area contributed by atoms with Gasteiger partial charge in [0.2, 0.25) is 0 Å². The molecule has 2 aromatic carbocycles. The van der Waals surface area contributed by atoms with Gasteiger partial charge in [-0.25, -0.2) is 4.98 Å². The van der Waals surface area contributed by atoms with Gasteiger partial charge in [-0.1, -0.05) is 17.7 Å². The van der Waals surface area contributed by atoms with Gasteiger partial charge in [0.05, 0.1) is 35.2 Å². The number of aromatic nitrogens is 2. The molecule has 7 nitrogen and oxygen atoms in total. The lowest BCUT2D eigenvalue weighted by molar-refractivity contribution is 0.374. The number of ether oxygens (including phenoxy) is 1. The van der Waals surface area contributed by atoms with Gasteiger partial charge in [-0.15, -0.1) is 0 Å². The van der Waals surface area contributed by atoms with Gasteiger partial charge in [0, 0.05) is 36.8 Å². The third kappa shape index (κ3) is 4.44. The minimum atomic E-state index is -0.0754. The Labute approximate surface area is 203 Å². The number of fused-ring (bicyclic) bond motifs is 1. The predicted molar refractivity (Wildman–Crippen MR) is 136 cm³/mol. The average Bonchev–Trinajstić information content (AvgIpc) is 2.86. The fourth-order valence-corrected chi connectivity index (χ4v) is 4.49. The number of nitrogens with two attached hydrogens (primary N) is 1. The molecule has 0 unspecified atom stereocenters. The van der Waals surface area contributed by atoms with Gasteiger partial charge in [-0.05, 0) is 60.4 Å². The van der Waals surface area contributed by atoms with Crippen LogP contribution in [0.4, 0.5) is 17.2 Å². The van der Waals surface area contributed by atoms with Crippen molar-refractivity contribution in [3.05, 3.63) is 65.9 Å². The van der Waals surface area contributed by atoms with Crippen molar-refractivity contribution >= 4 is 39.7 Å². The summed E-state index contributed by atoms with van der Waals surface area (Å²) in [6.45, 7) is 1.81. The van der Waals surface area contributed by atoms with E-state index >= 15 is 0 Å². The van der Waals surface area contributed by atoms with E-state index in [1.807, 2.05) is 36.5 Å². The van der Waals surface area contributed by atoms with Crippen molar-refractivity contribution in [1.82, 2.24) is 9.97 Å². The van der Waals surface area contributed by atoms with Gasteiger partial charge in [0.1, 0.15) is 5.82 Å². The third-order valence-corrected chi connectivity index (χ3v) is 6.35. The Morgan fingerprint density at radius 2 is 2.06 bits per heavy atom. The van der Waals surface area contributed by atoms with Crippen molar-refractivity contribution < 1.29 is 9.84 Å². The molecular weight excluding hydrogens is 450 g/mol. The summed E-state index contributed by atoms with van der Waals surface area (Å²) in [4.78, 5) is 11.3. The summed E-state index contributed by atoms with van der Waals surface area (Å²) in [6.07, 6.45) is 5.62. The van der Waals surface area contributed by atoms with Crippen LogP contribution in [0, 0.1) is 6.07 Å². The second-order valence-electron chi connectivity index (χ2n) is 8.40. The van der Waals surface area contributed by atoms with E-state index in [0.717, 1.165) is 65.2 Å². The van der Waals surface area contributed by atoms with Crippen molar-refractivity contribution in [2.24, 2.45) is 5.73 Å². The summed E-state index contributed by atoms with van der Waals surface area (Å²) in [6, 6.07) is 16.8. The van der Waals surface area contributed by atoms with E-state index in [0.29, 0.717) is 5.75 Å². The first-order chi connectivity index (χ1) is 16.5. The van der Waals surface area contributed by atoms with Crippen LogP contribution in [-0.4, -0.2) is 41.3 Å². The third-order valence-electron chi connectivity index (χ3n) is 6.06. The molecule has 1 saturated heterocycles. The van der Waals surface area contributed by atoms with Gasteiger partial charge in [-0.3, -0.25) is 4.98 Å². The second-order valence-corrected chi connectivity index (χ2v) is 8.80.